The van der Waals surface area contributed by atoms with Gasteiger partial charge in [-0.1, -0.05) is 37.6 Å². The van der Waals surface area contributed by atoms with Gasteiger partial charge in [-0.2, -0.15) is 0 Å². The number of nitrogens with one attached hydrogen (secondary N) is 1. The zero-order valence-corrected chi connectivity index (χ0v) is 12.5. The molecule has 2 rings (SSSR count). The number of rotatable bonds is 3. The van der Waals surface area contributed by atoms with E-state index in [2.05, 4.69) is 58.1 Å². The minimum absolute atomic E-state index is 0.461. The van der Waals surface area contributed by atoms with Crippen molar-refractivity contribution in [3.63, 3.8) is 0 Å². The molecule has 0 aliphatic heterocycles. The lowest BCUT2D eigenvalue weighted by molar-refractivity contribution is 0.346. The van der Waals surface area contributed by atoms with Gasteiger partial charge >= 0.3 is 0 Å². The number of benzene rings is 1. The topological polar surface area (TPSA) is 12.0 Å². The summed E-state index contributed by atoms with van der Waals surface area (Å²) in [6.07, 6.45) is 2.70. The minimum Gasteiger partial charge on any atom is -0.307 e. The zero-order valence-electron chi connectivity index (χ0n) is 12.5. The monoisotopic (exact) mass is 245 g/mol. The Kier molecular flexibility index (Phi) is 4.11. The van der Waals surface area contributed by atoms with Crippen LogP contribution in [-0.4, -0.2) is 6.04 Å². The largest absolute Gasteiger partial charge is 0.307 e. The van der Waals surface area contributed by atoms with Gasteiger partial charge < -0.3 is 5.32 Å². The molecule has 0 amide bonds. The van der Waals surface area contributed by atoms with Crippen molar-refractivity contribution in [3.8, 4) is 0 Å². The molecule has 0 bridgehead atoms. The highest BCUT2D eigenvalue weighted by Crippen LogP contribution is 2.33. The third-order valence-electron chi connectivity index (χ3n) is 4.82. The fourth-order valence-electron chi connectivity index (χ4n) is 3.32. The standard InChI is InChI=1S/C17H27N/c1-11-6-8-16(13(3)10-11)15(5)18-17-9-7-12(2)14(17)4/h6,8,10,12,14-15,17-18H,7,9H2,1-5H3. The molecule has 0 heterocycles. The van der Waals surface area contributed by atoms with Crippen molar-refractivity contribution in [1.29, 1.82) is 0 Å². The number of hydrogen-bond donors (Lipinski definition) is 1. The quantitative estimate of drug-likeness (QED) is 0.833. The van der Waals surface area contributed by atoms with E-state index in [1.807, 2.05) is 0 Å². The zero-order chi connectivity index (χ0) is 13.3. The molecular weight excluding hydrogens is 218 g/mol. The Morgan fingerprint density at radius 3 is 2.44 bits per heavy atom. The third kappa shape index (κ3) is 2.77. The van der Waals surface area contributed by atoms with Gasteiger partial charge in [0.1, 0.15) is 0 Å². The van der Waals surface area contributed by atoms with Crippen molar-refractivity contribution in [3.05, 3.63) is 34.9 Å². The second-order valence-electron chi connectivity index (χ2n) is 6.27. The molecule has 0 aromatic heterocycles. The predicted octanol–water partition coefficient (Wildman–Crippen LogP) is 4.39. The molecule has 0 saturated heterocycles. The summed E-state index contributed by atoms with van der Waals surface area (Å²) in [6.45, 7) is 11.5. The van der Waals surface area contributed by atoms with Crippen LogP contribution in [-0.2, 0) is 0 Å². The summed E-state index contributed by atoms with van der Waals surface area (Å²) < 4.78 is 0. The van der Waals surface area contributed by atoms with Crippen LogP contribution in [0.5, 0.6) is 0 Å². The number of aryl methyl sites for hydroxylation is 2. The molecule has 1 aromatic rings. The van der Waals surface area contributed by atoms with E-state index in [1.54, 1.807) is 0 Å². The molecule has 1 fully saturated rings. The maximum Gasteiger partial charge on any atom is 0.0297 e. The third-order valence-corrected chi connectivity index (χ3v) is 4.82. The average molecular weight is 245 g/mol. The molecular formula is C17H27N. The molecule has 18 heavy (non-hydrogen) atoms. The summed E-state index contributed by atoms with van der Waals surface area (Å²) in [5, 5.41) is 3.84. The predicted molar refractivity (Wildman–Crippen MR) is 78.8 cm³/mol. The van der Waals surface area contributed by atoms with Gasteiger partial charge in [-0.05, 0) is 56.6 Å². The van der Waals surface area contributed by atoms with Crippen molar-refractivity contribution in [2.75, 3.05) is 0 Å². The summed E-state index contributed by atoms with van der Waals surface area (Å²) in [6, 6.07) is 7.94. The molecule has 0 spiro atoms. The fourth-order valence-corrected chi connectivity index (χ4v) is 3.32. The summed E-state index contributed by atoms with van der Waals surface area (Å²) in [4.78, 5) is 0. The van der Waals surface area contributed by atoms with E-state index in [4.69, 9.17) is 0 Å². The van der Waals surface area contributed by atoms with Gasteiger partial charge in [0.25, 0.3) is 0 Å². The van der Waals surface area contributed by atoms with Crippen LogP contribution < -0.4 is 5.32 Å². The SMILES string of the molecule is Cc1ccc(C(C)NC2CCC(C)C2C)c(C)c1. The van der Waals surface area contributed by atoms with Crippen LogP contribution in [0, 0.1) is 25.7 Å². The van der Waals surface area contributed by atoms with E-state index < -0.39 is 0 Å². The van der Waals surface area contributed by atoms with Crippen molar-refractivity contribution in [2.24, 2.45) is 11.8 Å². The smallest absolute Gasteiger partial charge is 0.0297 e. The molecule has 1 nitrogen and oxygen atoms in total. The van der Waals surface area contributed by atoms with Crippen LogP contribution in [0.3, 0.4) is 0 Å². The van der Waals surface area contributed by atoms with Gasteiger partial charge in [0, 0.05) is 12.1 Å². The van der Waals surface area contributed by atoms with Crippen LogP contribution in [0.15, 0.2) is 18.2 Å². The summed E-state index contributed by atoms with van der Waals surface area (Å²) in [7, 11) is 0. The first-order valence-corrected chi connectivity index (χ1v) is 7.32. The van der Waals surface area contributed by atoms with E-state index in [1.165, 1.54) is 29.5 Å². The van der Waals surface area contributed by atoms with Crippen molar-refractivity contribution in [1.82, 2.24) is 5.32 Å². The van der Waals surface area contributed by atoms with E-state index in [9.17, 15) is 0 Å². The second-order valence-corrected chi connectivity index (χ2v) is 6.27. The molecule has 1 aliphatic carbocycles. The first-order valence-electron chi connectivity index (χ1n) is 7.32. The summed E-state index contributed by atoms with van der Waals surface area (Å²) >= 11 is 0. The first-order chi connectivity index (χ1) is 8.49. The van der Waals surface area contributed by atoms with Gasteiger partial charge in [-0.3, -0.25) is 0 Å². The van der Waals surface area contributed by atoms with Crippen LogP contribution in [0.25, 0.3) is 0 Å². The maximum absolute atomic E-state index is 3.84. The Hall–Kier alpha value is -0.820. The highest BCUT2D eigenvalue weighted by atomic mass is 15.0. The first kappa shape index (κ1) is 13.6. The fraction of sp³-hybridized carbons (Fsp3) is 0.647. The van der Waals surface area contributed by atoms with Gasteiger partial charge in [0.2, 0.25) is 0 Å². The van der Waals surface area contributed by atoms with Gasteiger partial charge in [0.05, 0.1) is 0 Å². The lowest BCUT2D eigenvalue weighted by atomic mass is 9.95. The lowest BCUT2D eigenvalue weighted by Crippen LogP contribution is -2.34. The Balaban J connectivity index is 2.05. The Morgan fingerprint density at radius 2 is 1.89 bits per heavy atom. The summed E-state index contributed by atoms with van der Waals surface area (Å²) in [5.41, 5.74) is 4.22. The van der Waals surface area contributed by atoms with Crippen molar-refractivity contribution in [2.45, 2.75) is 59.5 Å². The second kappa shape index (κ2) is 5.44. The Morgan fingerprint density at radius 1 is 1.17 bits per heavy atom. The maximum atomic E-state index is 3.84. The average Bonchev–Trinajstić information content (AvgIpc) is 2.61. The van der Waals surface area contributed by atoms with Crippen molar-refractivity contribution >= 4 is 0 Å². The van der Waals surface area contributed by atoms with E-state index >= 15 is 0 Å². The van der Waals surface area contributed by atoms with Crippen LogP contribution >= 0.6 is 0 Å². The molecule has 1 heteroatoms. The van der Waals surface area contributed by atoms with Crippen LogP contribution in [0.2, 0.25) is 0 Å². The Labute approximate surface area is 112 Å². The van der Waals surface area contributed by atoms with Gasteiger partial charge in [-0.25, -0.2) is 0 Å². The molecule has 100 valence electrons. The molecule has 1 saturated carbocycles. The highest BCUT2D eigenvalue weighted by molar-refractivity contribution is 5.32. The normalized spacial score (nSPS) is 29.5. The van der Waals surface area contributed by atoms with E-state index in [0.717, 1.165) is 11.8 Å². The van der Waals surface area contributed by atoms with Crippen molar-refractivity contribution < 1.29 is 0 Å². The minimum atomic E-state index is 0.461. The van der Waals surface area contributed by atoms with Crippen LogP contribution in [0.1, 0.15) is 56.3 Å². The van der Waals surface area contributed by atoms with E-state index in [-0.39, 0.29) is 0 Å². The molecule has 1 aromatic carbocycles. The molecule has 4 atom stereocenters. The van der Waals surface area contributed by atoms with Crippen LogP contribution in [0.4, 0.5) is 0 Å². The Bertz CT molecular complexity index is 410. The van der Waals surface area contributed by atoms with Gasteiger partial charge in [-0.15, -0.1) is 0 Å². The van der Waals surface area contributed by atoms with Gasteiger partial charge in [0.15, 0.2) is 0 Å². The number of hydrogen-bond acceptors (Lipinski definition) is 1. The van der Waals surface area contributed by atoms with E-state index in [0.29, 0.717) is 12.1 Å². The molecule has 1 N–H and O–H groups in total. The molecule has 4 unspecified atom stereocenters. The molecule has 0 radical (unpaired) electrons. The molecule has 1 aliphatic rings. The summed E-state index contributed by atoms with van der Waals surface area (Å²) in [5.74, 6) is 1.67. The highest BCUT2D eigenvalue weighted by Gasteiger charge is 2.30. The lowest BCUT2D eigenvalue weighted by Gasteiger charge is -2.25.